The van der Waals surface area contributed by atoms with Gasteiger partial charge < -0.3 is 10.1 Å². The van der Waals surface area contributed by atoms with Crippen molar-refractivity contribution in [1.82, 2.24) is 15.0 Å². The van der Waals surface area contributed by atoms with Crippen molar-refractivity contribution in [2.45, 2.75) is 13.3 Å². The number of aromatic nitrogens is 3. The fraction of sp³-hybridized carbons (Fsp3) is 0.222. The number of carbonyl (C=O) groups is 1. The van der Waals surface area contributed by atoms with E-state index in [2.05, 4.69) is 15.0 Å². The van der Waals surface area contributed by atoms with Crippen molar-refractivity contribution in [2.75, 3.05) is 0 Å². The van der Waals surface area contributed by atoms with Gasteiger partial charge in [0.25, 0.3) is 0 Å². The summed E-state index contributed by atoms with van der Waals surface area (Å²) in [7, 11) is 0. The number of hydrogen-bond donors (Lipinski definition) is 2. The molecule has 0 aliphatic heterocycles. The van der Waals surface area contributed by atoms with Crippen molar-refractivity contribution >= 4 is 17.0 Å². The van der Waals surface area contributed by atoms with Gasteiger partial charge in [-0.2, -0.15) is 4.39 Å². The molecule has 0 aliphatic rings. The lowest BCUT2D eigenvalue weighted by Crippen LogP contribution is -1.97. The Hall–Kier alpha value is -1.98. The largest absolute Gasteiger partial charge is 0.477 e. The number of carboxylic acids is 1. The third kappa shape index (κ3) is 1.54. The summed E-state index contributed by atoms with van der Waals surface area (Å²) in [6.45, 7) is 1.79. The normalized spacial score (nSPS) is 10.8. The number of hydrogen-bond acceptors (Lipinski definition) is 3. The maximum Gasteiger partial charge on any atom is 0.352 e. The van der Waals surface area contributed by atoms with Crippen molar-refractivity contribution in [3.8, 4) is 0 Å². The van der Waals surface area contributed by atoms with Gasteiger partial charge in [-0.25, -0.2) is 14.8 Å². The molecule has 2 aromatic heterocycles. The highest BCUT2D eigenvalue weighted by Gasteiger charge is 2.13. The second-order valence-electron chi connectivity index (χ2n) is 3.03. The zero-order valence-corrected chi connectivity index (χ0v) is 7.91. The Morgan fingerprint density at radius 1 is 1.60 bits per heavy atom. The highest BCUT2D eigenvalue weighted by molar-refractivity contribution is 5.92. The quantitative estimate of drug-likeness (QED) is 0.732. The van der Waals surface area contributed by atoms with E-state index in [0.717, 1.165) is 0 Å². The van der Waals surface area contributed by atoms with Crippen LogP contribution in [0.15, 0.2) is 6.07 Å². The Kier molecular flexibility index (Phi) is 2.11. The van der Waals surface area contributed by atoms with E-state index < -0.39 is 11.9 Å². The highest BCUT2D eigenvalue weighted by Crippen LogP contribution is 2.16. The summed E-state index contributed by atoms with van der Waals surface area (Å²) in [6.07, 6.45) is 0.494. The van der Waals surface area contributed by atoms with Crippen LogP contribution in [0.3, 0.4) is 0 Å². The molecule has 0 bridgehead atoms. The van der Waals surface area contributed by atoms with E-state index in [1.807, 2.05) is 0 Å². The molecule has 0 radical (unpaired) electrons. The van der Waals surface area contributed by atoms with E-state index in [1.165, 1.54) is 6.07 Å². The lowest BCUT2D eigenvalue weighted by Gasteiger charge is -1.95. The summed E-state index contributed by atoms with van der Waals surface area (Å²) in [5.41, 5.74) is 0.128. The van der Waals surface area contributed by atoms with Gasteiger partial charge in [0.2, 0.25) is 5.95 Å². The van der Waals surface area contributed by atoms with Gasteiger partial charge in [0.05, 0.1) is 5.39 Å². The standard InChI is InChI=1S/C9H8FN3O2/c1-2-6-12-7(10)4-3-5(9(14)15)11-8(4)13-6/h3H,2H2,1H3,(H,14,15)(H,11,12,13). The Labute approximate surface area is 84.0 Å². The SMILES string of the molecule is CCc1nc(F)c2cc(C(=O)O)[nH]c2n1. The van der Waals surface area contributed by atoms with Crippen LogP contribution in [0, 0.1) is 5.95 Å². The van der Waals surface area contributed by atoms with Crippen molar-refractivity contribution in [3.05, 3.63) is 23.5 Å². The number of carboxylic acid groups (broad SMARTS) is 1. The van der Waals surface area contributed by atoms with Crippen LogP contribution < -0.4 is 0 Å². The van der Waals surface area contributed by atoms with Crippen LogP contribution in [-0.4, -0.2) is 26.0 Å². The molecule has 2 aromatic rings. The lowest BCUT2D eigenvalue weighted by atomic mass is 10.3. The van der Waals surface area contributed by atoms with Crippen LogP contribution in [0.1, 0.15) is 23.2 Å². The summed E-state index contributed by atoms with van der Waals surface area (Å²) in [5.74, 6) is -1.50. The van der Waals surface area contributed by atoms with E-state index in [4.69, 9.17) is 5.11 Å². The Morgan fingerprint density at radius 3 is 2.93 bits per heavy atom. The number of rotatable bonds is 2. The first-order valence-corrected chi connectivity index (χ1v) is 4.40. The number of H-pyrrole nitrogens is 1. The Bertz CT molecular complexity index is 535. The molecule has 0 amide bonds. The molecule has 0 fully saturated rings. The molecular formula is C9H8FN3O2. The molecule has 0 saturated heterocycles. The van der Waals surface area contributed by atoms with Crippen LogP contribution in [0.5, 0.6) is 0 Å². The molecule has 15 heavy (non-hydrogen) atoms. The maximum atomic E-state index is 13.3. The number of aromatic amines is 1. The molecular weight excluding hydrogens is 201 g/mol. The molecule has 78 valence electrons. The third-order valence-corrected chi connectivity index (χ3v) is 2.03. The van der Waals surface area contributed by atoms with Gasteiger partial charge in [0.1, 0.15) is 17.2 Å². The van der Waals surface area contributed by atoms with Gasteiger partial charge in [-0.15, -0.1) is 0 Å². The van der Waals surface area contributed by atoms with Crippen LogP contribution in [0.25, 0.3) is 11.0 Å². The number of nitrogens with one attached hydrogen (secondary N) is 1. The lowest BCUT2D eigenvalue weighted by molar-refractivity contribution is 0.0691. The van der Waals surface area contributed by atoms with Gasteiger partial charge >= 0.3 is 5.97 Å². The summed E-state index contributed by atoms with van der Waals surface area (Å²) in [6, 6.07) is 1.19. The van der Waals surface area contributed by atoms with Gasteiger partial charge in [-0.1, -0.05) is 6.92 Å². The average Bonchev–Trinajstić information content (AvgIpc) is 2.61. The molecule has 2 heterocycles. The fourth-order valence-electron chi connectivity index (χ4n) is 1.29. The van der Waals surface area contributed by atoms with Gasteiger partial charge in [0, 0.05) is 6.42 Å². The Morgan fingerprint density at radius 2 is 2.33 bits per heavy atom. The number of halogens is 1. The number of fused-ring (bicyclic) bond motifs is 1. The van der Waals surface area contributed by atoms with E-state index >= 15 is 0 Å². The van der Waals surface area contributed by atoms with Crippen molar-refractivity contribution in [1.29, 1.82) is 0 Å². The van der Waals surface area contributed by atoms with Crippen molar-refractivity contribution < 1.29 is 14.3 Å². The molecule has 5 nitrogen and oxygen atoms in total. The Balaban J connectivity index is 2.69. The monoisotopic (exact) mass is 209 g/mol. The zero-order chi connectivity index (χ0) is 11.0. The van der Waals surface area contributed by atoms with Crippen LogP contribution in [0.4, 0.5) is 4.39 Å². The second kappa shape index (κ2) is 3.30. The van der Waals surface area contributed by atoms with Gasteiger partial charge in [0.15, 0.2) is 0 Å². The van der Waals surface area contributed by atoms with Gasteiger partial charge in [-0.05, 0) is 6.07 Å². The number of aryl methyl sites for hydroxylation is 1. The zero-order valence-electron chi connectivity index (χ0n) is 7.91. The van der Waals surface area contributed by atoms with Gasteiger partial charge in [-0.3, -0.25) is 0 Å². The fourth-order valence-corrected chi connectivity index (χ4v) is 1.29. The van der Waals surface area contributed by atoms with Crippen LogP contribution in [-0.2, 0) is 6.42 Å². The molecule has 2 rings (SSSR count). The number of nitrogens with zero attached hydrogens (tertiary/aromatic N) is 2. The smallest absolute Gasteiger partial charge is 0.352 e. The molecule has 0 spiro atoms. The first-order chi connectivity index (χ1) is 7.11. The van der Waals surface area contributed by atoms with Crippen LogP contribution in [0.2, 0.25) is 0 Å². The van der Waals surface area contributed by atoms with Crippen molar-refractivity contribution in [3.63, 3.8) is 0 Å². The predicted molar refractivity (Wildman–Crippen MR) is 50.2 cm³/mol. The number of aromatic carboxylic acids is 1. The first kappa shape index (κ1) is 9.57. The molecule has 0 aromatic carbocycles. The van der Waals surface area contributed by atoms with Crippen molar-refractivity contribution in [2.24, 2.45) is 0 Å². The van der Waals surface area contributed by atoms with E-state index in [0.29, 0.717) is 12.2 Å². The predicted octanol–water partition coefficient (Wildman–Crippen LogP) is 1.36. The highest BCUT2D eigenvalue weighted by atomic mass is 19.1. The minimum absolute atomic E-state index is 0.0912. The molecule has 0 aliphatic carbocycles. The maximum absolute atomic E-state index is 13.3. The summed E-state index contributed by atoms with van der Waals surface area (Å²) in [5, 5.41) is 8.80. The summed E-state index contributed by atoms with van der Waals surface area (Å²) >= 11 is 0. The van der Waals surface area contributed by atoms with E-state index in [9.17, 15) is 9.18 Å². The summed E-state index contributed by atoms with van der Waals surface area (Å²) < 4.78 is 13.3. The van der Waals surface area contributed by atoms with E-state index in [1.54, 1.807) is 6.92 Å². The van der Waals surface area contributed by atoms with Crippen LogP contribution >= 0.6 is 0 Å². The third-order valence-electron chi connectivity index (χ3n) is 2.03. The molecule has 0 saturated carbocycles. The molecule has 2 N–H and O–H groups in total. The first-order valence-electron chi connectivity index (χ1n) is 4.40. The molecule has 0 unspecified atom stereocenters. The minimum atomic E-state index is -1.15. The van der Waals surface area contributed by atoms with E-state index in [-0.39, 0.29) is 16.7 Å². The summed E-state index contributed by atoms with van der Waals surface area (Å²) in [4.78, 5) is 20.7. The molecule has 0 atom stereocenters. The molecule has 6 heteroatoms. The second-order valence-corrected chi connectivity index (χ2v) is 3.03. The topological polar surface area (TPSA) is 78.9 Å². The average molecular weight is 209 g/mol. The minimum Gasteiger partial charge on any atom is -0.477 e.